The molecule has 0 spiro atoms. The Morgan fingerprint density at radius 3 is 2.47 bits per heavy atom. The van der Waals surface area contributed by atoms with E-state index in [0.29, 0.717) is 10.0 Å². The van der Waals surface area contributed by atoms with E-state index >= 15 is 0 Å². The van der Waals surface area contributed by atoms with Gasteiger partial charge >= 0.3 is 0 Å². The first-order chi connectivity index (χ1) is 8.99. The van der Waals surface area contributed by atoms with E-state index in [1.807, 2.05) is 18.2 Å². The molecule has 1 atom stereocenters. The van der Waals surface area contributed by atoms with E-state index in [4.69, 9.17) is 23.2 Å². The Kier molecular flexibility index (Phi) is 4.94. The quantitative estimate of drug-likeness (QED) is 0.566. The molecule has 0 aromatic heterocycles. The van der Waals surface area contributed by atoms with Crippen molar-refractivity contribution in [3.05, 3.63) is 68.7 Å². The van der Waals surface area contributed by atoms with Crippen molar-refractivity contribution in [3.8, 4) is 0 Å². The van der Waals surface area contributed by atoms with Crippen molar-refractivity contribution in [3.63, 3.8) is 0 Å². The molecule has 0 amide bonds. The van der Waals surface area contributed by atoms with Crippen LogP contribution in [0.5, 0.6) is 0 Å². The zero-order valence-corrected chi connectivity index (χ0v) is 14.0. The lowest BCUT2D eigenvalue weighted by atomic mass is 10.0. The molecule has 2 aromatic carbocycles. The number of aryl methyl sites for hydroxylation is 2. The number of hydrogen-bond acceptors (Lipinski definition) is 0. The summed E-state index contributed by atoms with van der Waals surface area (Å²) in [5, 5.41) is 1.23. The van der Waals surface area contributed by atoms with E-state index in [9.17, 15) is 0 Å². The normalized spacial score (nSPS) is 12.5. The minimum atomic E-state index is 0.167. The van der Waals surface area contributed by atoms with Crippen molar-refractivity contribution in [1.29, 1.82) is 0 Å². The van der Waals surface area contributed by atoms with Crippen LogP contribution in [0.15, 0.2) is 36.4 Å². The summed E-state index contributed by atoms with van der Waals surface area (Å²) in [5.41, 5.74) is 4.96. The fourth-order valence-electron chi connectivity index (χ4n) is 2.01. The van der Waals surface area contributed by atoms with E-state index in [-0.39, 0.29) is 4.83 Å². The lowest BCUT2D eigenvalue weighted by Gasteiger charge is -2.14. The third-order valence-corrected chi connectivity index (χ3v) is 4.96. The minimum absolute atomic E-state index is 0.167. The Morgan fingerprint density at radius 2 is 1.79 bits per heavy atom. The molecule has 0 N–H and O–H groups in total. The van der Waals surface area contributed by atoms with Gasteiger partial charge in [0.1, 0.15) is 0 Å². The fraction of sp³-hybridized carbons (Fsp3) is 0.250. The van der Waals surface area contributed by atoms with Crippen molar-refractivity contribution in [1.82, 2.24) is 0 Å². The number of halogens is 3. The molecule has 2 aromatic rings. The summed E-state index contributed by atoms with van der Waals surface area (Å²) in [5.74, 6) is 0. The third kappa shape index (κ3) is 3.53. The molecule has 0 saturated heterocycles. The Morgan fingerprint density at radius 1 is 1.05 bits per heavy atom. The van der Waals surface area contributed by atoms with Gasteiger partial charge in [-0.05, 0) is 48.6 Å². The van der Waals surface area contributed by atoms with Gasteiger partial charge in [-0.25, -0.2) is 0 Å². The maximum absolute atomic E-state index is 6.25. The molecule has 0 radical (unpaired) electrons. The van der Waals surface area contributed by atoms with Crippen LogP contribution < -0.4 is 0 Å². The SMILES string of the molecule is Cc1ccc(CC(Br)c2cccc(Cl)c2Cl)cc1C. The molecule has 0 nitrogen and oxygen atoms in total. The summed E-state index contributed by atoms with van der Waals surface area (Å²) in [6.45, 7) is 4.26. The number of benzene rings is 2. The number of alkyl halides is 1. The van der Waals surface area contributed by atoms with Crippen LogP contribution in [0.25, 0.3) is 0 Å². The van der Waals surface area contributed by atoms with Crippen LogP contribution in [0.2, 0.25) is 10.0 Å². The molecule has 0 fully saturated rings. The first-order valence-electron chi connectivity index (χ1n) is 6.13. The zero-order valence-electron chi connectivity index (χ0n) is 10.9. The smallest absolute Gasteiger partial charge is 0.0635 e. The highest BCUT2D eigenvalue weighted by Crippen LogP contribution is 2.36. The van der Waals surface area contributed by atoms with E-state index in [0.717, 1.165) is 12.0 Å². The van der Waals surface area contributed by atoms with Gasteiger partial charge in [0.15, 0.2) is 0 Å². The average molecular weight is 358 g/mol. The standard InChI is InChI=1S/C16H15BrCl2/c1-10-6-7-12(8-11(10)2)9-14(17)13-4-3-5-15(18)16(13)19/h3-8,14H,9H2,1-2H3. The van der Waals surface area contributed by atoms with Crippen molar-refractivity contribution >= 4 is 39.1 Å². The van der Waals surface area contributed by atoms with Gasteiger partial charge in [0.05, 0.1) is 10.0 Å². The van der Waals surface area contributed by atoms with Gasteiger partial charge in [0.25, 0.3) is 0 Å². The Bertz CT molecular complexity index is 593. The predicted molar refractivity (Wildman–Crippen MR) is 87.8 cm³/mol. The van der Waals surface area contributed by atoms with E-state index in [2.05, 4.69) is 48.0 Å². The Labute approximate surface area is 132 Å². The van der Waals surface area contributed by atoms with Gasteiger partial charge < -0.3 is 0 Å². The monoisotopic (exact) mass is 356 g/mol. The van der Waals surface area contributed by atoms with Crippen LogP contribution >= 0.6 is 39.1 Å². The van der Waals surface area contributed by atoms with Crippen molar-refractivity contribution < 1.29 is 0 Å². The first kappa shape index (κ1) is 14.9. The fourth-order valence-corrected chi connectivity index (χ4v) is 3.34. The molecule has 0 heterocycles. The second-order valence-corrected chi connectivity index (χ2v) is 6.62. The topological polar surface area (TPSA) is 0 Å². The Hall–Kier alpha value is -0.500. The molecule has 19 heavy (non-hydrogen) atoms. The van der Waals surface area contributed by atoms with Crippen LogP contribution in [0.4, 0.5) is 0 Å². The second-order valence-electron chi connectivity index (χ2n) is 4.73. The van der Waals surface area contributed by atoms with Gasteiger partial charge in [-0.3, -0.25) is 0 Å². The highest BCUT2D eigenvalue weighted by Gasteiger charge is 2.14. The lowest BCUT2D eigenvalue weighted by molar-refractivity contribution is 0.946. The molecule has 3 heteroatoms. The van der Waals surface area contributed by atoms with Crippen LogP contribution in [-0.2, 0) is 6.42 Å². The van der Waals surface area contributed by atoms with Gasteiger partial charge in [-0.15, -0.1) is 0 Å². The van der Waals surface area contributed by atoms with Gasteiger partial charge in [-0.1, -0.05) is 69.5 Å². The lowest BCUT2D eigenvalue weighted by Crippen LogP contribution is -1.97. The summed E-state index contributed by atoms with van der Waals surface area (Å²) in [4.78, 5) is 0.167. The minimum Gasteiger partial charge on any atom is -0.0835 e. The number of rotatable bonds is 3. The molecule has 0 saturated carbocycles. The molecular formula is C16H15BrCl2. The summed E-state index contributed by atoms with van der Waals surface area (Å²) < 4.78 is 0. The van der Waals surface area contributed by atoms with Gasteiger partial charge in [0, 0.05) is 4.83 Å². The maximum atomic E-state index is 6.25. The molecule has 100 valence electrons. The molecule has 0 aliphatic rings. The van der Waals surface area contributed by atoms with Crippen LogP contribution in [0, 0.1) is 13.8 Å². The first-order valence-corrected chi connectivity index (χ1v) is 7.80. The van der Waals surface area contributed by atoms with Crippen LogP contribution in [-0.4, -0.2) is 0 Å². The largest absolute Gasteiger partial charge is 0.0835 e. The predicted octanol–water partition coefficient (Wildman–Crippen LogP) is 6.29. The molecule has 0 bridgehead atoms. The van der Waals surface area contributed by atoms with Crippen molar-refractivity contribution in [2.75, 3.05) is 0 Å². The Balaban J connectivity index is 2.23. The summed E-state index contributed by atoms with van der Waals surface area (Å²) in [6.07, 6.45) is 0.890. The zero-order chi connectivity index (χ0) is 14.0. The van der Waals surface area contributed by atoms with Crippen LogP contribution in [0.1, 0.15) is 27.1 Å². The summed E-state index contributed by atoms with van der Waals surface area (Å²) in [6, 6.07) is 12.3. The highest BCUT2D eigenvalue weighted by atomic mass is 79.9. The number of hydrogen-bond donors (Lipinski definition) is 0. The van der Waals surface area contributed by atoms with E-state index < -0.39 is 0 Å². The van der Waals surface area contributed by atoms with Crippen molar-refractivity contribution in [2.45, 2.75) is 25.1 Å². The van der Waals surface area contributed by atoms with Gasteiger partial charge in [0.2, 0.25) is 0 Å². The molecule has 0 aliphatic heterocycles. The van der Waals surface area contributed by atoms with Gasteiger partial charge in [-0.2, -0.15) is 0 Å². The van der Waals surface area contributed by atoms with Crippen LogP contribution in [0.3, 0.4) is 0 Å². The molecule has 0 aliphatic carbocycles. The average Bonchev–Trinajstić information content (AvgIpc) is 2.37. The molecule has 2 rings (SSSR count). The highest BCUT2D eigenvalue weighted by molar-refractivity contribution is 9.09. The van der Waals surface area contributed by atoms with E-state index in [1.165, 1.54) is 16.7 Å². The summed E-state index contributed by atoms with van der Waals surface area (Å²) in [7, 11) is 0. The van der Waals surface area contributed by atoms with Crippen molar-refractivity contribution in [2.24, 2.45) is 0 Å². The molecular weight excluding hydrogens is 343 g/mol. The molecule has 1 unspecified atom stereocenters. The maximum Gasteiger partial charge on any atom is 0.0635 e. The second kappa shape index (κ2) is 6.30. The summed E-state index contributed by atoms with van der Waals surface area (Å²) >= 11 is 16.0. The van der Waals surface area contributed by atoms with E-state index in [1.54, 1.807) is 0 Å². The third-order valence-electron chi connectivity index (χ3n) is 3.31.